The first-order valence-electron chi connectivity index (χ1n) is 4.76. The molecule has 2 aromatic rings. The lowest BCUT2D eigenvalue weighted by atomic mass is 10.1. The van der Waals surface area contributed by atoms with Gasteiger partial charge in [0.2, 0.25) is 0 Å². The van der Waals surface area contributed by atoms with Crippen molar-refractivity contribution in [1.82, 2.24) is 4.98 Å². The second kappa shape index (κ2) is 3.51. The highest BCUT2D eigenvalue weighted by Crippen LogP contribution is 2.24. The lowest BCUT2D eigenvalue weighted by Gasteiger charge is -2.13. The molecule has 1 N–H and O–H groups in total. The van der Waals surface area contributed by atoms with Crippen LogP contribution in [0.5, 0.6) is 0 Å². The van der Waals surface area contributed by atoms with Crippen LogP contribution in [0.25, 0.3) is 5.57 Å². The van der Waals surface area contributed by atoms with Crippen LogP contribution in [0.1, 0.15) is 4.88 Å². The number of hydrogen-bond acceptors (Lipinski definition) is 2. The number of aromatic nitrogens is 1. The molecule has 2 nitrogen and oxygen atoms in total. The smallest absolute Gasteiger partial charge is 0.132 e. The summed E-state index contributed by atoms with van der Waals surface area (Å²) >= 11 is 8.04. The lowest BCUT2D eigenvalue weighted by Crippen LogP contribution is -2.34. The van der Waals surface area contributed by atoms with Crippen molar-refractivity contribution in [3.63, 3.8) is 0 Å². The minimum Gasteiger partial charge on any atom is -0.346 e. The summed E-state index contributed by atoms with van der Waals surface area (Å²) in [4.78, 5) is 8.76. The molecule has 0 amide bonds. The Kier molecular flexibility index (Phi) is 2.15. The number of hydrogen-bond donors (Lipinski definition) is 1. The summed E-state index contributed by atoms with van der Waals surface area (Å²) < 4.78 is 0. The first kappa shape index (κ1) is 9.19. The van der Waals surface area contributed by atoms with E-state index in [0.717, 1.165) is 10.7 Å². The zero-order chi connectivity index (χ0) is 10.3. The van der Waals surface area contributed by atoms with Crippen molar-refractivity contribution in [3.8, 4) is 0 Å². The van der Waals surface area contributed by atoms with Crippen LogP contribution in [-0.2, 0) is 0 Å². The number of aromatic amines is 1. The number of fused-ring (bicyclic) bond motifs is 1. The molecule has 4 heteroatoms. The number of nitrogens with zero attached hydrogens (tertiary/aromatic N) is 1. The van der Waals surface area contributed by atoms with Crippen LogP contribution in [0.15, 0.2) is 34.8 Å². The highest BCUT2D eigenvalue weighted by molar-refractivity contribution is 7.11. The molecule has 0 fully saturated rings. The Bertz CT molecular complexity index is 582. The second-order valence-electron chi connectivity index (χ2n) is 3.44. The molecule has 3 heterocycles. The van der Waals surface area contributed by atoms with Crippen molar-refractivity contribution in [2.75, 3.05) is 6.54 Å². The van der Waals surface area contributed by atoms with Gasteiger partial charge in [0.15, 0.2) is 0 Å². The fourth-order valence-electron chi connectivity index (χ4n) is 1.86. The Hall–Kier alpha value is -1.06. The Labute approximate surface area is 95.9 Å². The number of rotatable bonds is 1. The van der Waals surface area contributed by atoms with E-state index in [1.807, 2.05) is 12.3 Å². The van der Waals surface area contributed by atoms with Gasteiger partial charge in [-0.3, -0.25) is 4.99 Å². The standard InChI is InChI=1S/C11H9ClN2S/c12-8-6-14-11-7(3-4-13-11)10(8)9-2-1-5-15-9/h1-5,8H,6H2,(H,13,14). The molecule has 0 aliphatic carbocycles. The van der Waals surface area contributed by atoms with Gasteiger partial charge in [-0.05, 0) is 17.5 Å². The molecule has 1 aliphatic heterocycles. The SMILES string of the molecule is ClC1CN=c2[nH]ccc2=C1c1cccs1. The quantitative estimate of drug-likeness (QED) is 0.728. The van der Waals surface area contributed by atoms with Gasteiger partial charge in [-0.15, -0.1) is 22.9 Å². The van der Waals surface area contributed by atoms with Crippen molar-refractivity contribution in [3.05, 3.63) is 45.4 Å². The van der Waals surface area contributed by atoms with Gasteiger partial charge in [0.25, 0.3) is 0 Å². The normalized spacial score (nSPS) is 19.8. The predicted octanol–water partition coefficient (Wildman–Crippen LogP) is 1.52. The molecule has 0 saturated heterocycles. The van der Waals surface area contributed by atoms with E-state index in [0.29, 0.717) is 6.54 Å². The van der Waals surface area contributed by atoms with Crippen LogP contribution in [0.4, 0.5) is 0 Å². The second-order valence-corrected chi connectivity index (χ2v) is 4.91. The molecule has 0 radical (unpaired) electrons. The van der Waals surface area contributed by atoms with Gasteiger partial charge >= 0.3 is 0 Å². The van der Waals surface area contributed by atoms with Crippen molar-refractivity contribution < 1.29 is 0 Å². The van der Waals surface area contributed by atoms with Crippen LogP contribution >= 0.6 is 22.9 Å². The average Bonchev–Trinajstić information content (AvgIpc) is 2.85. The Morgan fingerprint density at radius 2 is 2.40 bits per heavy atom. The molecule has 0 spiro atoms. The Balaban J connectivity index is 2.37. The van der Waals surface area contributed by atoms with E-state index in [1.165, 1.54) is 10.5 Å². The first-order chi connectivity index (χ1) is 7.36. The number of alkyl halides is 1. The van der Waals surface area contributed by atoms with Gasteiger partial charge in [-0.25, -0.2) is 0 Å². The van der Waals surface area contributed by atoms with E-state index in [-0.39, 0.29) is 5.38 Å². The van der Waals surface area contributed by atoms with E-state index in [1.54, 1.807) is 11.3 Å². The van der Waals surface area contributed by atoms with Crippen molar-refractivity contribution >= 4 is 28.5 Å². The monoisotopic (exact) mass is 236 g/mol. The lowest BCUT2D eigenvalue weighted by molar-refractivity contribution is 0.924. The molecule has 2 aromatic heterocycles. The van der Waals surface area contributed by atoms with Gasteiger partial charge in [-0.1, -0.05) is 6.07 Å². The molecule has 15 heavy (non-hydrogen) atoms. The molecular weight excluding hydrogens is 228 g/mol. The summed E-state index contributed by atoms with van der Waals surface area (Å²) in [6, 6.07) is 6.20. The third-order valence-electron chi connectivity index (χ3n) is 2.52. The maximum absolute atomic E-state index is 6.32. The highest BCUT2D eigenvalue weighted by Gasteiger charge is 2.18. The van der Waals surface area contributed by atoms with Crippen LogP contribution in [0, 0.1) is 0 Å². The Morgan fingerprint density at radius 3 is 3.20 bits per heavy atom. The van der Waals surface area contributed by atoms with Crippen LogP contribution in [0.3, 0.4) is 0 Å². The van der Waals surface area contributed by atoms with E-state index < -0.39 is 0 Å². The van der Waals surface area contributed by atoms with Crippen LogP contribution in [-0.4, -0.2) is 16.9 Å². The summed E-state index contributed by atoms with van der Waals surface area (Å²) in [5.41, 5.74) is 2.16. The minimum atomic E-state index is -0.00745. The average molecular weight is 237 g/mol. The molecule has 0 aromatic carbocycles. The largest absolute Gasteiger partial charge is 0.346 e. The molecule has 3 rings (SSSR count). The molecular formula is C11H9ClN2S. The number of thiophene rings is 1. The van der Waals surface area contributed by atoms with Gasteiger partial charge in [-0.2, -0.15) is 0 Å². The maximum Gasteiger partial charge on any atom is 0.132 e. The van der Waals surface area contributed by atoms with Gasteiger partial charge in [0, 0.05) is 21.9 Å². The number of nitrogens with one attached hydrogen (secondary N) is 1. The van der Waals surface area contributed by atoms with Crippen LogP contribution < -0.4 is 10.7 Å². The molecule has 1 unspecified atom stereocenters. The highest BCUT2D eigenvalue weighted by atomic mass is 35.5. The van der Waals surface area contributed by atoms with E-state index in [4.69, 9.17) is 11.6 Å². The van der Waals surface area contributed by atoms with Crippen LogP contribution in [0.2, 0.25) is 0 Å². The summed E-state index contributed by atoms with van der Waals surface area (Å²) in [6.07, 6.45) is 1.91. The predicted molar refractivity (Wildman–Crippen MR) is 62.9 cm³/mol. The van der Waals surface area contributed by atoms with E-state index in [2.05, 4.69) is 27.5 Å². The van der Waals surface area contributed by atoms with Gasteiger partial charge < -0.3 is 4.98 Å². The van der Waals surface area contributed by atoms with Gasteiger partial charge in [0.05, 0.1) is 11.9 Å². The fourth-order valence-corrected chi connectivity index (χ4v) is 3.07. The summed E-state index contributed by atoms with van der Waals surface area (Å²) in [5, 5.41) is 3.21. The zero-order valence-corrected chi connectivity index (χ0v) is 9.48. The molecule has 0 saturated carbocycles. The Morgan fingerprint density at radius 1 is 1.47 bits per heavy atom. The van der Waals surface area contributed by atoms with E-state index >= 15 is 0 Å². The summed E-state index contributed by atoms with van der Waals surface area (Å²) in [7, 11) is 0. The summed E-state index contributed by atoms with van der Waals surface area (Å²) in [6.45, 7) is 0.655. The van der Waals surface area contributed by atoms with Crippen molar-refractivity contribution in [2.45, 2.75) is 5.38 Å². The zero-order valence-electron chi connectivity index (χ0n) is 7.90. The molecule has 1 aliphatic rings. The molecule has 1 atom stereocenters. The summed E-state index contributed by atoms with van der Waals surface area (Å²) in [5.74, 6) is 0. The maximum atomic E-state index is 6.32. The molecule has 0 bridgehead atoms. The number of halogens is 1. The van der Waals surface area contributed by atoms with Gasteiger partial charge in [0.1, 0.15) is 5.49 Å². The fraction of sp³-hybridized carbons (Fsp3) is 0.182. The van der Waals surface area contributed by atoms with Crippen molar-refractivity contribution in [1.29, 1.82) is 0 Å². The third kappa shape index (κ3) is 1.43. The first-order valence-corrected chi connectivity index (χ1v) is 6.08. The minimum absolute atomic E-state index is 0.00745. The third-order valence-corrected chi connectivity index (χ3v) is 3.78. The topological polar surface area (TPSA) is 28.1 Å². The number of H-pyrrole nitrogens is 1. The van der Waals surface area contributed by atoms with Crippen molar-refractivity contribution in [2.24, 2.45) is 4.99 Å². The van der Waals surface area contributed by atoms with E-state index in [9.17, 15) is 0 Å². The molecule has 76 valence electrons.